The normalized spacial score (nSPS) is 28.4. The summed E-state index contributed by atoms with van der Waals surface area (Å²) in [6, 6.07) is 19.2. The second-order valence-corrected chi connectivity index (χ2v) is 7.82. The molecule has 158 valence electrons. The van der Waals surface area contributed by atoms with E-state index in [2.05, 4.69) is 5.32 Å². The Morgan fingerprint density at radius 1 is 0.967 bits per heavy atom. The molecule has 7 heteroatoms. The molecule has 30 heavy (non-hydrogen) atoms. The largest absolute Gasteiger partial charge is 0.480 e. The molecule has 0 aliphatic heterocycles. The predicted octanol–water partition coefficient (Wildman–Crippen LogP) is 2.18. The molecular weight excluding hydrogens is 384 g/mol. The Balaban J connectivity index is 0.000000177. The number of esters is 1. The number of methoxy groups -OCH3 is 1. The predicted molar refractivity (Wildman–Crippen MR) is 111 cm³/mol. The lowest BCUT2D eigenvalue weighted by atomic mass is 10.1. The maximum absolute atomic E-state index is 11.8. The number of hydrogen-bond donors (Lipinski definition) is 3. The Hall–Kier alpha value is -3.19. The molecule has 0 spiro atoms. The zero-order valence-electron chi connectivity index (χ0n) is 17.0. The average Bonchev–Trinajstić information content (AvgIpc) is 3.64. The summed E-state index contributed by atoms with van der Waals surface area (Å²) < 4.78 is 4.78. The van der Waals surface area contributed by atoms with Crippen LogP contribution in [0.25, 0.3) is 0 Å². The zero-order chi connectivity index (χ0) is 21.9. The van der Waals surface area contributed by atoms with E-state index >= 15 is 0 Å². The molecular formula is C23H26N2O5. The molecule has 2 aromatic carbocycles. The molecule has 0 saturated heterocycles. The molecule has 2 aliphatic rings. The molecule has 2 aliphatic carbocycles. The fraction of sp³-hybridized carbons (Fsp3) is 0.348. The second-order valence-electron chi connectivity index (χ2n) is 7.82. The number of carbonyl (C=O) groups is 3. The van der Waals surface area contributed by atoms with Gasteiger partial charge in [0, 0.05) is 18.8 Å². The molecule has 7 nitrogen and oxygen atoms in total. The lowest BCUT2D eigenvalue weighted by molar-refractivity contribution is -0.146. The number of rotatable bonds is 5. The van der Waals surface area contributed by atoms with Gasteiger partial charge in [-0.15, -0.1) is 0 Å². The van der Waals surface area contributed by atoms with E-state index in [1.54, 1.807) is 0 Å². The van der Waals surface area contributed by atoms with Crippen LogP contribution in [0.4, 0.5) is 0 Å². The second kappa shape index (κ2) is 8.28. The average molecular weight is 410 g/mol. The van der Waals surface area contributed by atoms with Gasteiger partial charge in [-0.1, -0.05) is 60.7 Å². The van der Waals surface area contributed by atoms with E-state index < -0.39 is 17.0 Å². The number of hydrogen-bond acceptors (Lipinski definition) is 5. The van der Waals surface area contributed by atoms with Gasteiger partial charge in [0.15, 0.2) is 0 Å². The van der Waals surface area contributed by atoms with Crippen LogP contribution in [0.3, 0.4) is 0 Å². The van der Waals surface area contributed by atoms with Gasteiger partial charge in [-0.25, -0.2) is 4.79 Å². The van der Waals surface area contributed by atoms with Crippen molar-refractivity contribution in [2.75, 3.05) is 7.11 Å². The fourth-order valence-corrected chi connectivity index (χ4v) is 3.88. The van der Waals surface area contributed by atoms with Crippen molar-refractivity contribution in [1.29, 1.82) is 0 Å². The van der Waals surface area contributed by atoms with E-state index in [9.17, 15) is 14.4 Å². The van der Waals surface area contributed by atoms with Gasteiger partial charge in [-0.2, -0.15) is 0 Å². The maximum Gasteiger partial charge on any atom is 0.332 e. The van der Waals surface area contributed by atoms with Crippen molar-refractivity contribution in [3.63, 3.8) is 0 Å². The third-order valence-electron chi connectivity index (χ3n) is 5.72. The van der Waals surface area contributed by atoms with Gasteiger partial charge in [-0.3, -0.25) is 9.59 Å². The molecule has 2 aromatic rings. The minimum absolute atomic E-state index is 0.00815. The Bertz CT molecular complexity index is 933. The number of carboxylic acids is 1. The van der Waals surface area contributed by atoms with Crippen LogP contribution in [0.2, 0.25) is 0 Å². The molecule has 0 heterocycles. The van der Waals surface area contributed by atoms with Gasteiger partial charge in [0.2, 0.25) is 5.91 Å². The Morgan fingerprint density at radius 3 is 1.87 bits per heavy atom. The van der Waals surface area contributed by atoms with Crippen LogP contribution in [-0.4, -0.2) is 41.1 Å². The van der Waals surface area contributed by atoms with E-state index in [4.69, 9.17) is 15.6 Å². The first-order chi connectivity index (χ1) is 14.2. The molecule has 4 rings (SSSR count). The third kappa shape index (κ3) is 4.21. The highest BCUT2D eigenvalue weighted by atomic mass is 16.5. The van der Waals surface area contributed by atoms with Crippen LogP contribution in [0.5, 0.6) is 0 Å². The van der Waals surface area contributed by atoms with Gasteiger partial charge in [0.05, 0.1) is 7.11 Å². The van der Waals surface area contributed by atoms with Crippen molar-refractivity contribution in [2.45, 2.75) is 42.7 Å². The van der Waals surface area contributed by atoms with E-state index in [1.807, 2.05) is 60.7 Å². The summed E-state index contributed by atoms with van der Waals surface area (Å²) in [6.45, 7) is 1.41. The number of amides is 1. The first-order valence-corrected chi connectivity index (χ1v) is 9.74. The summed E-state index contributed by atoms with van der Waals surface area (Å²) in [7, 11) is 1.34. The summed E-state index contributed by atoms with van der Waals surface area (Å²) in [5, 5.41) is 11.5. The van der Waals surface area contributed by atoms with Crippen LogP contribution < -0.4 is 11.1 Å². The SMILES string of the molecule is COC(=O)C1(NC(C)=O)CC1c1ccccc1.NC1(C(=O)O)CC1c1ccccc1. The summed E-state index contributed by atoms with van der Waals surface area (Å²) in [4.78, 5) is 33.7. The van der Waals surface area contributed by atoms with Gasteiger partial charge < -0.3 is 20.9 Å². The van der Waals surface area contributed by atoms with Crippen LogP contribution >= 0.6 is 0 Å². The first kappa shape index (κ1) is 21.5. The van der Waals surface area contributed by atoms with Crippen molar-refractivity contribution < 1.29 is 24.2 Å². The number of nitrogens with two attached hydrogens (primary N) is 1. The summed E-state index contributed by atoms with van der Waals surface area (Å²) in [5.41, 5.74) is 5.86. The highest BCUT2D eigenvalue weighted by molar-refractivity contribution is 5.92. The number of ether oxygens (including phenoxy) is 1. The highest BCUT2D eigenvalue weighted by Gasteiger charge is 2.62. The number of carboxylic acid groups (broad SMARTS) is 1. The maximum atomic E-state index is 11.8. The highest BCUT2D eigenvalue weighted by Crippen LogP contribution is 2.52. The van der Waals surface area contributed by atoms with E-state index in [-0.39, 0.29) is 23.7 Å². The van der Waals surface area contributed by atoms with Crippen LogP contribution in [0.15, 0.2) is 60.7 Å². The van der Waals surface area contributed by atoms with Crippen LogP contribution in [0, 0.1) is 0 Å². The molecule has 0 radical (unpaired) electrons. The van der Waals surface area contributed by atoms with Gasteiger partial charge in [0.25, 0.3) is 0 Å². The van der Waals surface area contributed by atoms with Gasteiger partial charge >= 0.3 is 11.9 Å². The van der Waals surface area contributed by atoms with E-state index in [0.717, 1.165) is 11.1 Å². The Labute approximate surface area is 175 Å². The van der Waals surface area contributed by atoms with Crippen LogP contribution in [0.1, 0.15) is 42.7 Å². The molecule has 4 unspecified atom stereocenters. The lowest BCUT2D eigenvalue weighted by Crippen LogP contribution is -2.44. The Kier molecular flexibility index (Phi) is 5.94. The smallest absolute Gasteiger partial charge is 0.332 e. The van der Waals surface area contributed by atoms with Crippen molar-refractivity contribution in [3.05, 3.63) is 71.8 Å². The van der Waals surface area contributed by atoms with E-state index in [0.29, 0.717) is 12.8 Å². The molecule has 1 amide bonds. The Morgan fingerprint density at radius 2 is 1.47 bits per heavy atom. The fourth-order valence-electron chi connectivity index (χ4n) is 3.88. The molecule has 0 aromatic heterocycles. The lowest BCUT2D eigenvalue weighted by Gasteiger charge is -2.15. The molecule has 4 N–H and O–H groups in total. The topological polar surface area (TPSA) is 119 Å². The minimum Gasteiger partial charge on any atom is -0.480 e. The summed E-state index contributed by atoms with van der Waals surface area (Å²) >= 11 is 0. The third-order valence-corrected chi connectivity index (χ3v) is 5.72. The minimum atomic E-state index is -1.01. The zero-order valence-corrected chi connectivity index (χ0v) is 17.0. The molecule has 4 atom stereocenters. The quantitative estimate of drug-likeness (QED) is 0.650. The monoisotopic (exact) mass is 410 g/mol. The van der Waals surface area contributed by atoms with Gasteiger partial charge in [0.1, 0.15) is 11.1 Å². The number of aliphatic carboxylic acids is 1. The van der Waals surface area contributed by atoms with Crippen molar-refractivity contribution >= 4 is 17.8 Å². The van der Waals surface area contributed by atoms with Gasteiger partial charge in [-0.05, 0) is 24.0 Å². The number of carbonyl (C=O) groups excluding carboxylic acids is 2. The summed E-state index contributed by atoms with van der Waals surface area (Å²) in [5.74, 6) is -1.48. The molecule has 0 bridgehead atoms. The van der Waals surface area contributed by atoms with E-state index in [1.165, 1.54) is 14.0 Å². The summed E-state index contributed by atoms with van der Waals surface area (Å²) in [6.07, 6.45) is 1.15. The first-order valence-electron chi connectivity index (χ1n) is 9.74. The van der Waals surface area contributed by atoms with Crippen molar-refractivity contribution in [3.8, 4) is 0 Å². The van der Waals surface area contributed by atoms with Crippen molar-refractivity contribution in [2.24, 2.45) is 5.73 Å². The number of benzene rings is 2. The van der Waals surface area contributed by atoms with Crippen LogP contribution in [-0.2, 0) is 19.1 Å². The van der Waals surface area contributed by atoms with Crippen molar-refractivity contribution in [1.82, 2.24) is 5.32 Å². The standard InChI is InChI=1S/C13H15NO3.C10H11NO2/c1-9(15)14-13(12(16)17-2)8-11(13)10-6-4-3-5-7-10;11-10(9(12)13)6-8(10)7-4-2-1-3-5-7/h3-7,11H,8H2,1-2H3,(H,14,15);1-5,8H,6,11H2,(H,12,13). The number of nitrogens with one attached hydrogen (secondary N) is 1. The molecule has 2 fully saturated rings. The molecule has 2 saturated carbocycles.